The zero-order chi connectivity index (χ0) is 24.9. The van der Waals surface area contributed by atoms with Crippen LogP contribution in [-0.2, 0) is 6.18 Å². The molecule has 0 radical (unpaired) electrons. The predicted octanol–water partition coefficient (Wildman–Crippen LogP) is 5.73. The number of aryl methyl sites for hydroxylation is 1. The summed E-state index contributed by atoms with van der Waals surface area (Å²) in [5.41, 5.74) is 1.92. The fourth-order valence-electron chi connectivity index (χ4n) is 4.16. The molecule has 0 atom stereocenters. The Morgan fingerprint density at radius 3 is 2.63 bits per heavy atom. The van der Waals surface area contributed by atoms with Gasteiger partial charge in [0.25, 0.3) is 0 Å². The standard InChI is InChI=1S/C24H17F4N7/c1-3-31-18-7-15(25)6-16-20-22(35-12(2)4-19(34-35)24(26,27)28)17(11-32-23(20)33-21(16)18)14-5-13(8-29)9-30-10-14/h4-7,9-11,31H,3H2,1-2H3,(H,32,33). The van der Waals surface area contributed by atoms with Crippen LogP contribution in [0, 0.1) is 24.1 Å². The minimum absolute atomic E-state index is 0.216. The first-order chi connectivity index (χ1) is 16.7. The molecule has 0 unspecified atom stereocenters. The van der Waals surface area contributed by atoms with E-state index in [1.165, 1.54) is 42.3 Å². The molecule has 0 bridgehead atoms. The SMILES string of the molecule is CCNc1cc(F)cc2c1[nH]c1ncc(-c3cncc(C#N)c3)c(-n3nc(C(F)(F)F)cc3C)c12. The largest absolute Gasteiger partial charge is 0.435 e. The molecule has 11 heteroatoms. The van der Waals surface area contributed by atoms with Gasteiger partial charge in [0.05, 0.1) is 27.8 Å². The van der Waals surface area contributed by atoms with Crippen molar-refractivity contribution < 1.29 is 17.6 Å². The Balaban J connectivity index is 1.94. The van der Waals surface area contributed by atoms with Gasteiger partial charge in [0.2, 0.25) is 0 Å². The molecule has 0 aliphatic rings. The summed E-state index contributed by atoms with van der Waals surface area (Å²) in [6, 6.07) is 7.15. The molecule has 1 aromatic carbocycles. The van der Waals surface area contributed by atoms with Crippen LogP contribution >= 0.6 is 0 Å². The van der Waals surface area contributed by atoms with Crippen molar-refractivity contribution in [1.29, 1.82) is 5.26 Å². The van der Waals surface area contributed by atoms with E-state index in [1.54, 1.807) is 6.07 Å². The molecule has 4 heterocycles. The zero-order valence-electron chi connectivity index (χ0n) is 18.5. The number of anilines is 1. The number of rotatable bonds is 4. The number of aromatic amines is 1. The molecular weight excluding hydrogens is 462 g/mol. The summed E-state index contributed by atoms with van der Waals surface area (Å²) in [4.78, 5) is 11.7. The Bertz CT molecular complexity index is 1640. The van der Waals surface area contributed by atoms with Crippen molar-refractivity contribution in [2.75, 3.05) is 11.9 Å². The number of hydrogen-bond acceptors (Lipinski definition) is 5. The summed E-state index contributed by atoms with van der Waals surface area (Å²) in [5.74, 6) is -0.521. The number of nitrogens with zero attached hydrogens (tertiary/aromatic N) is 5. The van der Waals surface area contributed by atoms with Crippen molar-refractivity contribution in [3.8, 4) is 22.9 Å². The average Bonchev–Trinajstić information content (AvgIpc) is 3.39. The predicted molar refractivity (Wildman–Crippen MR) is 123 cm³/mol. The van der Waals surface area contributed by atoms with E-state index in [2.05, 4.69) is 25.4 Å². The van der Waals surface area contributed by atoms with Gasteiger partial charge in [0.15, 0.2) is 5.69 Å². The Morgan fingerprint density at radius 2 is 1.94 bits per heavy atom. The molecule has 0 aliphatic carbocycles. The van der Waals surface area contributed by atoms with Gasteiger partial charge in [0, 0.05) is 47.3 Å². The molecule has 0 spiro atoms. The molecule has 0 aliphatic heterocycles. The number of alkyl halides is 3. The molecule has 0 amide bonds. The lowest BCUT2D eigenvalue weighted by Gasteiger charge is -2.13. The van der Waals surface area contributed by atoms with Gasteiger partial charge in [-0.05, 0) is 38.1 Å². The van der Waals surface area contributed by atoms with Crippen LogP contribution in [0.2, 0.25) is 0 Å². The van der Waals surface area contributed by atoms with Crippen LogP contribution in [0.3, 0.4) is 0 Å². The topological polar surface area (TPSA) is 95.2 Å². The van der Waals surface area contributed by atoms with Crippen LogP contribution in [0.5, 0.6) is 0 Å². The van der Waals surface area contributed by atoms with Crippen molar-refractivity contribution in [3.05, 3.63) is 65.6 Å². The fraction of sp³-hybridized carbons (Fsp3) is 0.167. The normalized spacial score (nSPS) is 11.8. The highest BCUT2D eigenvalue weighted by atomic mass is 19.4. The van der Waals surface area contributed by atoms with E-state index in [4.69, 9.17) is 0 Å². The van der Waals surface area contributed by atoms with Crippen LogP contribution < -0.4 is 5.32 Å². The zero-order valence-corrected chi connectivity index (χ0v) is 18.5. The number of benzene rings is 1. The summed E-state index contributed by atoms with van der Waals surface area (Å²) in [7, 11) is 0. The number of halogens is 4. The molecule has 0 fully saturated rings. The lowest BCUT2D eigenvalue weighted by atomic mass is 10.0. The van der Waals surface area contributed by atoms with Crippen molar-refractivity contribution in [2.24, 2.45) is 0 Å². The molecule has 7 nitrogen and oxygen atoms in total. The average molecular weight is 479 g/mol. The summed E-state index contributed by atoms with van der Waals surface area (Å²) < 4.78 is 56.4. The third-order valence-corrected chi connectivity index (χ3v) is 5.60. The van der Waals surface area contributed by atoms with E-state index in [0.717, 1.165) is 6.07 Å². The minimum Gasteiger partial charge on any atom is -0.384 e. The second-order valence-corrected chi connectivity index (χ2v) is 7.93. The molecule has 5 aromatic rings. The van der Waals surface area contributed by atoms with E-state index in [0.29, 0.717) is 45.3 Å². The fourth-order valence-corrected chi connectivity index (χ4v) is 4.16. The molecule has 0 saturated heterocycles. The quantitative estimate of drug-likeness (QED) is 0.321. The summed E-state index contributed by atoms with van der Waals surface area (Å²) in [6.07, 6.45) is -0.325. The van der Waals surface area contributed by atoms with Gasteiger partial charge in [-0.25, -0.2) is 14.1 Å². The first-order valence-electron chi connectivity index (χ1n) is 10.6. The Morgan fingerprint density at radius 1 is 1.14 bits per heavy atom. The van der Waals surface area contributed by atoms with Gasteiger partial charge in [-0.2, -0.15) is 23.5 Å². The van der Waals surface area contributed by atoms with Crippen molar-refractivity contribution in [2.45, 2.75) is 20.0 Å². The molecule has 2 N–H and O–H groups in total. The van der Waals surface area contributed by atoms with E-state index in [9.17, 15) is 22.8 Å². The first kappa shape index (κ1) is 22.3. The number of hydrogen-bond donors (Lipinski definition) is 2. The maximum Gasteiger partial charge on any atom is 0.435 e. The van der Waals surface area contributed by atoms with Crippen molar-refractivity contribution in [1.82, 2.24) is 24.7 Å². The van der Waals surface area contributed by atoms with Gasteiger partial charge in [0.1, 0.15) is 17.5 Å². The molecule has 0 saturated carbocycles. The molecule has 4 aromatic heterocycles. The summed E-state index contributed by atoms with van der Waals surface area (Å²) in [6.45, 7) is 3.89. The van der Waals surface area contributed by atoms with E-state index < -0.39 is 17.7 Å². The Hall–Kier alpha value is -4.46. The van der Waals surface area contributed by atoms with Gasteiger partial charge in [-0.15, -0.1) is 0 Å². The van der Waals surface area contributed by atoms with Crippen LogP contribution in [-0.4, -0.2) is 31.3 Å². The van der Waals surface area contributed by atoms with E-state index in [-0.39, 0.29) is 16.9 Å². The first-order valence-corrected chi connectivity index (χ1v) is 10.6. The number of H-pyrrole nitrogens is 1. The second kappa shape index (κ2) is 8.09. The number of aromatic nitrogens is 5. The van der Waals surface area contributed by atoms with Crippen molar-refractivity contribution in [3.63, 3.8) is 0 Å². The highest BCUT2D eigenvalue weighted by Gasteiger charge is 2.35. The summed E-state index contributed by atoms with van der Waals surface area (Å²) in [5, 5.41) is 17.1. The van der Waals surface area contributed by atoms with Gasteiger partial charge in [-0.1, -0.05) is 0 Å². The molecule has 35 heavy (non-hydrogen) atoms. The number of fused-ring (bicyclic) bond motifs is 3. The highest BCUT2D eigenvalue weighted by Crippen LogP contribution is 2.40. The molecular formula is C24H17F4N7. The van der Waals surface area contributed by atoms with Crippen LogP contribution in [0.4, 0.5) is 23.2 Å². The van der Waals surface area contributed by atoms with Gasteiger partial charge >= 0.3 is 6.18 Å². The number of nitrogens with one attached hydrogen (secondary N) is 2. The monoisotopic (exact) mass is 479 g/mol. The van der Waals surface area contributed by atoms with Crippen LogP contribution in [0.1, 0.15) is 23.9 Å². The molecule has 176 valence electrons. The lowest BCUT2D eigenvalue weighted by Crippen LogP contribution is -2.08. The Kier molecular flexibility index (Phi) is 5.16. The van der Waals surface area contributed by atoms with Gasteiger partial charge in [-0.3, -0.25) is 4.98 Å². The minimum atomic E-state index is -4.66. The second-order valence-electron chi connectivity index (χ2n) is 7.93. The highest BCUT2D eigenvalue weighted by molar-refractivity contribution is 6.15. The van der Waals surface area contributed by atoms with Crippen LogP contribution in [0.15, 0.2) is 42.9 Å². The lowest BCUT2D eigenvalue weighted by molar-refractivity contribution is -0.141. The Labute approximate surface area is 196 Å². The number of nitriles is 1. The van der Waals surface area contributed by atoms with Crippen LogP contribution in [0.25, 0.3) is 38.8 Å². The number of pyridine rings is 2. The van der Waals surface area contributed by atoms with Gasteiger partial charge < -0.3 is 10.3 Å². The summed E-state index contributed by atoms with van der Waals surface area (Å²) >= 11 is 0. The third kappa shape index (κ3) is 3.73. The van der Waals surface area contributed by atoms with E-state index >= 15 is 0 Å². The third-order valence-electron chi connectivity index (χ3n) is 5.60. The smallest absolute Gasteiger partial charge is 0.384 e. The maximum atomic E-state index is 14.6. The maximum absolute atomic E-state index is 14.6. The van der Waals surface area contributed by atoms with E-state index in [1.807, 2.05) is 13.0 Å². The van der Waals surface area contributed by atoms with Crippen molar-refractivity contribution >= 4 is 27.6 Å². The molecule has 5 rings (SSSR count).